The maximum Gasteiger partial charge on any atom is 0.337 e. The number of benzene rings is 2. The first-order valence-corrected chi connectivity index (χ1v) is 6.76. The molecule has 6 heteroatoms. The lowest BCUT2D eigenvalue weighted by Crippen LogP contribution is -2.15. The number of hydrogen-bond acceptors (Lipinski definition) is 3. The number of carbonyl (C=O) groups is 2. The van der Waals surface area contributed by atoms with E-state index in [9.17, 15) is 14.0 Å². The van der Waals surface area contributed by atoms with Gasteiger partial charge in [-0.1, -0.05) is 17.7 Å². The molecule has 0 fully saturated rings. The lowest BCUT2D eigenvalue weighted by molar-refractivity contribution is 0.0600. The fourth-order valence-electron chi connectivity index (χ4n) is 1.95. The molecule has 22 heavy (non-hydrogen) atoms. The van der Waals surface area contributed by atoms with Gasteiger partial charge in [0, 0.05) is 5.69 Å². The number of rotatable bonds is 3. The summed E-state index contributed by atoms with van der Waals surface area (Å²) in [5.74, 6) is -1.83. The van der Waals surface area contributed by atoms with Gasteiger partial charge in [-0.3, -0.25) is 4.79 Å². The third-order valence-corrected chi connectivity index (χ3v) is 3.40. The third-order valence-electron chi connectivity index (χ3n) is 3.09. The number of ether oxygens (including phenoxy) is 1. The molecule has 0 radical (unpaired) electrons. The molecule has 0 bridgehead atoms. The molecule has 0 aliphatic rings. The average molecular weight is 322 g/mol. The van der Waals surface area contributed by atoms with E-state index in [0.29, 0.717) is 16.8 Å². The van der Waals surface area contributed by atoms with Crippen LogP contribution in [-0.2, 0) is 4.74 Å². The first-order chi connectivity index (χ1) is 10.4. The van der Waals surface area contributed by atoms with E-state index in [-0.39, 0.29) is 10.6 Å². The molecule has 0 saturated heterocycles. The molecule has 114 valence electrons. The molecule has 0 saturated carbocycles. The van der Waals surface area contributed by atoms with Crippen LogP contribution in [0.4, 0.5) is 10.1 Å². The molecular weight excluding hydrogens is 309 g/mol. The summed E-state index contributed by atoms with van der Waals surface area (Å²) in [4.78, 5) is 23.6. The molecule has 0 atom stereocenters. The van der Waals surface area contributed by atoms with Crippen molar-refractivity contribution in [3.8, 4) is 0 Å². The summed E-state index contributed by atoms with van der Waals surface area (Å²) < 4.78 is 18.3. The molecule has 0 spiro atoms. The van der Waals surface area contributed by atoms with Gasteiger partial charge >= 0.3 is 5.97 Å². The van der Waals surface area contributed by atoms with Crippen LogP contribution in [0.5, 0.6) is 0 Å². The summed E-state index contributed by atoms with van der Waals surface area (Å²) in [5.41, 5.74) is 1.24. The highest BCUT2D eigenvalue weighted by Gasteiger charge is 2.17. The van der Waals surface area contributed by atoms with E-state index in [2.05, 4.69) is 10.1 Å². The van der Waals surface area contributed by atoms with Gasteiger partial charge in [-0.15, -0.1) is 0 Å². The van der Waals surface area contributed by atoms with Crippen LogP contribution in [0.1, 0.15) is 26.3 Å². The van der Waals surface area contributed by atoms with Crippen LogP contribution in [0.15, 0.2) is 36.4 Å². The zero-order chi connectivity index (χ0) is 16.3. The van der Waals surface area contributed by atoms with Gasteiger partial charge in [0.15, 0.2) is 0 Å². The number of aryl methyl sites for hydroxylation is 1. The van der Waals surface area contributed by atoms with Gasteiger partial charge in [-0.25, -0.2) is 9.18 Å². The Bertz CT molecular complexity index is 726. The first kappa shape index (κ1) is 16.0. The van der Waals surface area contributed by atoms with Gasteiger partial charge in [-0.05, 0) is 42.8 Å². The van der Waals surface area contributed by atoms with Crippen molar-refractivity contribution in [1.82, 2.24) is 0 Å². The van der Waals surface area contributed by atoms with Crippen molar-refractivity contribution in [2.24, 2.45) is 0 Å². The van der Waals surface area contributed by atoms with E-state index in [1.807, 2.05) is 0 Å². The molecule has 2 rings (SSSR count). The summed E-state index contributed by atoms with van der Waals surface area (Å²) >= 11 is 5.85. The topological polar surface area (TPSA) is 55.4 Å². The number of esters is 1. The fraction of sp³-hybridized carbons (Fsp3) is 0.125. The molecule has 0 aliphatic heterocycles. The Morgan fingerprint density at radius 3 is 2.55 bits per heavy atom. The largest absolute Gasteiger partial charge is 0.465 e. The smallest absolute Gasteiger partial charge is 0.337 e. The number of nitrogens with one attached hydrogen (secondary N) is 1. The van der Waals surface area contributed by atoms with Crippen molar-refractivity contribution in [1.29, 1.82) is 0 Å². The van der Waals surface area contributed by atoms with E-state index in [1.54, 1.807) is 19.1 Å². The Labute approximate surface area is 131 Å². The Kier molecular flexibility index (Phi) is 4.78. The minimum absolute atomic E-state index is 0.0290. The predicted molar refractivity (Wildman–Crippen MR) is 81.9 cm³/mol. The Hall–Kier alpha value is -2.40. The average Bonchev–Trinajstić information content (AvgIpc) is 2.48. The molecule has 1 amide bonds. The predicted octanol–water partition coefficient (Wildman–Crippen LogP) is 3.83. The summed E-state index contributed by atoms with van der Waals surface area (Å²) in [6.45, 7) is 1.71. The van der Waals surface area contributed by atoms with Gasteiger partial charge in [0.05, 0.1) is 23.3 Å². The summed E-state index contributed by atoms with van der Waals surface area (Å²) in [6.07, 6.45) is 0. The van der Waals surface area contributed by atoms with E-state index in [0.717, 1.165) is 6.07 Å². The monoisotopic (exact) mass is 321 g/mol. The van der Waals surface area contributed by atoms with Crippen molar-refractivity contribution in [3.63, 3.8) is 0 Å². The first-order valence-electron chi connectivity index (χ1n) is 6.38. The number of methoxy groups -OCH3 is 1. The highest BCUT2D eigenvalue weighted by molar-refractivity contribution is 6.34. The molecule has 2 aromatic rings. The maximum absolute atomic E-state index is 13.7. The summed E-state index contributed by atoms with van der Waals surface area (Å²) in [5, 5.41) is 2.61. The molecular formula is C16H13ClFNO3. The van der Waals surface area contributed by atoms with Crippen LogP contribution < -0.4 is 5.32 Å². The molecule has 0 unspecified atom stereocenters. The quantitative estimate of drug-likeness (QED) is 0.874. The molecule has 4 nitrogen and oxygen atoms in total. The third kappa shape index (κ3) is 3.26. The second-order valence-corrected chi connectivity index (χ2v) is 4.98. The molecule has 2 aromatic carbocycles. The van der Waals surface area contributed by atoms with Gasteiger partial charge < -0.3 is 10.1 Å². The lowest BCUT2D eigenvalue weighted by Gasteiger charge is -2.11. The van der Waals surface area contributed by atoms with E-state index >= 15 is 0 Å². The SMILES string of the molecule is COC(=O)c1ccc(NC(=O)c2c(F)cccc2Cl)c(C)c1. The van der Waals surface area contributed by atoms with Crippen LogP contribution in [0.3, 0.4) is 0 Å². The van der Waals surface area contributed by atoms with Crippen LogP contribution in [0, 0.1) is 12.7 Å². The van der Waals surface area contributed by atoms with Gasteiger partial charge in [0.25, 0.3) is 5.91 Å². The Balaban J connectivity index is 2.28. The van der Waals surface area contributed by atoms with Gasteiger partial charge in [-0.2, -0.15) is 0 Å². The van der Waals surface area contributed by atoms with Gasteiger partial charge in [0.2, 0.25) is 0 Å². The molecule has 1 N–H and O–H groups in total. The fourth-order valence-corrected chi connectivity index (χ4v) is 2.20. The minimum atomic E-state index is -0.700. The van der Waals surface area contributed by atoms with E-state index in [1.165, 1.54) is 25.3 Å². The molecule has 0 heterocycles. The number of halogens is 2. The van der Waals surface area contributed by atoms with Crippen molar-refractivity contribution < 1.29 is 18.7 Å². The van der Waals surface area contributed by atoms with Crippen molar-refractivity contribution in [2.45, 2.75) is 6.92 Å². The van der Waals surface area contributed by atoms with Crippen LogP contribution in [-0.4, -0.2) is 19.0 Å². The maximum atomic E-state index is 13.7. The number of anilines is 1. The normalized spacial score (nSPS) is 10.2. The number of hydrogen-bond donors (Lipinski definition) is 1. The van der Waals surface area contributed by atoms with Crippen LogP contribution >= 0.6 is 11.6 Å². The molecule has 0 aromatic heterocycles. The second-order valence-electron chi connectivity index (χ2n) is 4.57. The zero-order valence-electron chi connectivity index (χ0n) is 11.9. The minimum Gasteiger partial charge on any atom is -0.465 e. The standard InChI is InChI=1S/C16H13ClFNO3/c1-9-8-10(16(21)22-2)6-7-13(9)19-15(20)14-11(17)4-3-5-12(14)18/h3-8H,1-2H3,(H,19,20). The van der Waals surface area contributed by atoms with E-state index in [4.69, 9.17) is 11.6 Å². The van der Waals surface area contributed by atoms with Crippen LogP contribution in [0.2, 0.25) is 5.02 Å². The highest BCUT2D eigenvalue weighted by atomic mass is 35.5. The lowest BCUT2D eigenvalue weighted by atomic mass is 10.1. The van der Waals surface area contributed by atoms with Crippen molar-refractivity contribution >= 4 is 29.2 Å². The number of carbonyl (C=O) groups excluding carboxylic acids is 2. The van der Waals surface area contributed by atoms with Crippen molar-refractivity contribution in [3.05, 3.63) is 63.9 Å². The van der Waals surface area contributed by atoms with Crippen molar-refractivity contribution in [2.75, 3.05) is 12.4 Å². The summed E-state index contributed by atoms with van der Waals surface area (Å²) in [7, 11) is 1.29. The number of amides is 1. The molecule has 0 aliphatic carbocycles. The van der Waals surface area contributed by atoms with E-state index < -0.39 is 17.7 Å². The highest BCUT2D eigenvalue weighted by Crippen LogP contribution is 2.22. The van der Waals surface area contributed by atoms with Crippen LogP contribution in [0.25, 0.3) is 0 Å². The summed E-state index contributed by atoms with van der Waals surface area (Å²) in [6, 6.07) is 8.65. The second kappa shape index (κ2) is 6.58. The Morgan fingerprint density at radius 2 is 1.95 bits per heavy atom. The Morgan fingerprint density at radius 1 is 1.23 bits per heavy atom. The zero-order valence-corrected chi connectivity index (χ0v) is 12.7. The van der Waals surface area contributed by atoms with Gasteiger partial charge in [0.1, 0.15) is 5.82 Å².